The van der Waals surface area contributed by atoms with Crippen LogP contribution in [0.2, 0.25) is 0 Å². The third kappa shape index (κ3) is 10.7. The number of pyridine rings is 1. The maximum absolute atomic E-state index is 16.6. The van der Waals surface area contributed by atoms with Gasteiger partial charge in [0, 0.05) is 106 Å². The number of methoxy groups -OCH3 is 2. The van der Waals surface area contributed by atoms with E-state index in [1.54, 1.807) is 49.3 Å². The zero-order chi connectivity index (χ0) is 61.4. The first-order valence-electron chi connectivity index (χ1n) is 29.3. The Labute approximate surface area is 491 Å². The number of phenolic OH excluding ortho intramolecular Hbond substituents is 1. The Kier molecular flexibility index (Phi) is 16.8. The first-order valence-corrected chi connectivity index (χ1v) is 29.3. The normalized spacial score (nSPS) is 31.2. The lowest BCUT2D eigenvalue weighted by Gasteiger charge is -2.46. The minimum atomic E-state index is -2.16. The molecule has 22 heteroatoms. The van der Waals surface area contributed by atoms with Crippen LogP contribution in [0.15, 0.2) is 64.6 Å². The Balaban J connectivity index is 0.977. The molecule has 2 unspecified atom stereocenters. The van der Waals surface area contributed by atoms with Gasteiger partial charge in [-0.2, -0.15) is 0 Å². The number of aromatic nitrogens is 1. The molecule has 6 aliphatic heterocycles. The van der Waals surface area contributed by atoms with E-state index >= 15 is 14.0 Å². The predicted octanol–water partition coefficient (Wildman–Crippen LogP) is 6.52. The number of rotatable bonds is 8. The number of ketones is 3. The number of piperidine rings is 2. The molecule has 0 radical (unpaired) electrons. The molecule has 2 aliphatic carbocycles. The fourth-order valence-corrected chi connectivity index (χ4v) is 14.0. The smallest absolute Gasteiger partial charge is 0.341 e. The standard InChI is InChI=1S/C63H76FN5O16/c1-29-13-11-14-30(2)61(78)65-47-50(66-22-18-38(19-23-66)68-21-12-15-36-26-67(28-42(36)68)49-41(64)25-39-48(59(49)82-10)69(37-16-17-37)27-40(54(39)74)62(79)80)56(76)44-45(55(47)75)53(73)34(6)58-46(44)60(77)63(8,85-58)83-24-20-43(81-9)31(3)57(84-35(7)70)33(5)52(72)32(4)51(29)71/h11,13-14,20,24-25,27,29,31-33,36-38,42-43,51-52,57,71-73H,12,15-19,21-23,26,28H2,1-10H3,(H,65,78)(H,79,80)/b13-11+,24-20+,30-14-/t29-,31+,32+,33+,36?,42?,43-,51-,52+,57+,63-/m0/s1. The molecular weight excluding hydrogens is 1100 g/mol. The lowest BCUT2D eigenvalue weighted by atomic mass is 9.78. The number of carboxylic acids is 1. The number of aliphatic hydroxyl groups excluding tert-OH is 2. The number of fused-ring (bicyclic) bond motifs is 16. The molecule has 1 amide bonds. The number of anilines is 1. The lowest BCUT2D eigenvalue weighted by molar-refractivity contribution is -0.160. The molecule has 1 saturated carbocycles. The predicted molar refractivity (Wildman–Crippen MR) is 308 cm³/mol. The summed E-state index contributed by atoms with van der Waals surface area (Å²) in [6, 6.07) is 0.974. The molecule has 11 rings (SSSR count). The molecule has 3 aromatic rings. The molecule has 11 atom stereocenters. The SMILES string of the molecule is COc1c(N2CC3CCCN(C4CCN(C5=C6NC(=O)/C(C)=C\C=C\[C@H](C)[C@H](O)[C@@H](C)[C@@H](O)[C@@H](C)[C@H](OC(C)=O)[C@H](C)[C@@H](OC)/C=C/O[C@@]7(C)Oc8c(C)c(O)c(c(c8C7=O)C5=O)C6=O)CC4)C3C2)c(F)cc2c(=O)c(C(=O)O)cn(C3CC3)c12. The molecule has 85 heavy (non-hydrogen) atoms. The van der Waals surface area contributed by atoms with E-state index in [9.17, 15) is 44.4 Å². The van der Waals surface area contributed by atoms with E-state index < -0.39 is 128 Å². The summed E-state index contributed by atoms with van der Waals surface area (Å²) in [5.74, 6) is -11.4. The van der Waals surface area contributed by atoms with Crippen LogP contribution in [0.3, 0.4) is 0 Å². The average Bonchev–Trinajstić information content (AvgIpc) is 1.72. The quantitative estimate of drug-likeness (QED) is 0.150. The van der Waals surface area contributed by atoms with Gasteiger partial charge in [0.15, 0.2) is 11.6 Å². The number of esters is 1. The van der Waals surface area contributed by atoms with E-state index in [1.807, 2.05) is 4.90 Å². The molecule has 2 aromatic carbocycles. The highest BCUT2D eigenvalue weighted by molar-refractivity contribution is 6.32. The van der Waals surface area contributed by atoms with Crippen LogP contribution in [0.1, 0.15) is 140 Å². The molecule has 0 spiro atoms. The number of halogens is 1. The number of hydrogen-bond acceptors (Lipinski definition) is 18. The van der Waals surface area contributed by atoms with Gasteiger partial charge < -0.3 is 63.8 Å². The van der Waals surface area contributed by atoms with Crippen molar-refractivity contribution in [2.45, 2.75) is 142 Å². The topological polar surface area (TPSA) is 273 Å². The monoisotopic (exact) mass is 1180 g/mol. The number of ether oxygens (including phenoxy) is 5. The number of amides is 1. The van der Waals surface area contributed by atoms with Crippen molar-refractivity contribution in [3.05, 3.63) is 104 Å². The molecule has 456 valence electrons. The highest BCUT2D eigenvalue weighted by Crippen LogP contribution is 2.50. The summed E-state index contributed by atoms with van der Waals surface area (Å²) in [5, 5.41) is 47.7. The number of carbonyl (C=O) groups excluding carboxylic acids is 5. The molecule has 3 saturated heterocycles. The Bertz CT molecular complexity index is 3470. The molecule has 8 aliphatic rings. The molecule has 5 bridgehead atoms. The van der Waals surface area contributed by atoms with Crippen molar-refractivity contribution < 1.29 is 77.3 Å². The van der Waals surface area contributed by atoms with Gasteiger partial charge in [-0.25, -0.2) is 9.18 Å². The average molecular weight is 1180 g/mol. The number of carbonyl (C=O) groups is 6. The molecule has 4 fully saturated rings. The van der Waals surface area contributed by atoms with Crippen LogP contribution >= 0.6 is 0 Å². The highest BCUT2D eigenvalue weighted by atomic mass is 19.1. The zero-order valence-corrected chi connectivity index (χ0v) is 49.6. The summed E-state index contributed by atoms with van der Waals surface area (Å²) in [6.45, 7) is 14.4. The van der Waals surface area contributed by atoms with Crippen molar-refractivity contribution in [1.82, 2.24) is 19.7 Å². The first-order chi connectivity index (χ1) is 40.3. The number of carboxylic acid groups (broad SMARTS) is 1. The van der Waals surface area contributed by atoms with E-state index in [2.05, 4.69) is 10.2 Å². The van der Waals surface area contributed by atoms with Crippen molar-refractivity contribution in [3.63, 3.8) is 0 Å². The molecular formula is C63H76FN5O16. The van der Waals surface area contributed by atoms with Crippen molar-refractivity contribution >= 4 is 51.8 Å². The zero-order valence-electron chi connectivity index (χ0n) is 49.6. The van der Waals surface area contributed by atoms with Crippen molar-refractivity contribution in [2.75, 3.05) is 51.8 Å². The number of nitrogens with one attached hydrogen (secondary N) is 1. The summed E-state index contributed by atoms with van der Waals surface area (Å²) >= 11 is 0. The fourth-order valence-electron chi connectivity index (χ4n) is 14.0. The minimum Gasteiger partial charge on any atom is -0.507 e. The summed E-state index contributed by atoms with van der Waals surface area (Å²) in [6.07, 6.45) is 8.78. The second kappa shape index (κ2) is 23.5. The third-order valence-corrected chi connectivity index (χ3v) is 18.9. The summed E-state index contributed by atoms with van der Waals surface area (Å²) in [4.78, 5) is 104. The van der Waals surface area contributed by atoms with Gasteiger partial charge >= 0.3 is 17.7 Å². The van der Waals surface area contributed by atoms with Gasteiger partial charge in [-0.3, -0.25) is 33.7 Å². The lowest BCUT2D eigenvalue weighted by Crippen LogP contribution is -2.54. The van der Waals surface area contributed by atoms with Gasteiger partial charge in [0.2, 0.25) is 17.0 Å². The van der Waals surface area contributed by atoms with Gasteiger partial charge in [-0.1, -0.05) is 45.9 Å². The van der Waals surface area contributed by atoms with Crippen LogP contribution in [0, 0.1) is 42.3 Å². The largest absolute Gasteiger partial charge is 0.507 e. The van der Waals surface area contributed by atoms with Crippen LogP contribution in [-0.4, -0.2) is 159 Å². The van der Waals surface area contributed by atoms with E-state index in [1.165, 1.54) is 66.5 Å². The van der Waals surface area contributed by atoms with E-state index in [-0.39, 0.29) is 82.1 Å². The maximum Gasteiger partial charge on any atom is 0.341 e. The maximum atomic E-state index is 16.6. The van der Waals surface area contributed by atoms with Crippen LogP contribution in [0.5, 0.6) is 17.2 Å². The number of aromatic hydroxyl groups is 1. The third-order valence-electron chi connectivity index (χ3n) is 18.9. The van der Waals surface area contributed by atoms with Gasteiger partial charge in [-0.05, 0) is 77.0 Å². The second-order valence-corrected chi connectivity index (χ2v) is 24.3. The Morgan fingerprint density at radius 1 is 0.847 bits per heavy atom. The summed E-state index contributed by atoms with van der Waals surface area (Å²) < 4.78 is 48.3. The van der Waals surface area contributed by atoms with E-state index in [0.29, 0.717) is 31.4 Å². The van der Waals surface area contributed by atoms with Gasteiger partial charge in [0.05, 0.1) is 59.3 Å². The summed E-state index contributed by atoms with van der Waals surface area (Å²) in [5.41, 5.74) is -2.39. The molecule has 7 heterocycles. The minimum absolute atomic E-state index is 0.0353. The number of aliphatic hydroxyl groups is 2. The van der Waals surface area contributed by atoms with Crippen LogP contribution in [0.25, 0.3) is 10.9 Å². The second-order valence-electron chi connectivity index (χ2n) is 24.3. The van der Waals surface area contributed by atoms with E-state index in [0.717, 1.165) is 38.3 Å². The molecule has 21 nitrogen and oxygen atoms in total. The Morgan fingerprint density at radius 2 is 1.55 bits per heavy atom. The van der Waals surface area contributed by atoms with Gasteiger partial charge in [0.1, 0.15) is 40.2 Å². The number of Topliss-reactive ketones (excluding diaryl/α,β-unsaturated/α-hetero) is 3. The van der Waals surface area contributed by atoms with Crippen LogP contribution in [-0.2, 0) is 23.8 Å². The number of allylic oxidation sites excluding steroid dienone is 4. The number of phenols is 1. The van der Waals surface area contributed by atoms with Crippen molar-refractivity contribution in [2.24, 2.45) is 29.6 Å². The molecule has 5 N–H and O–H groups in total. The van der Waals surface area contributed by atoms with Crippen LogP contribution in [0.4, 0.5) is 10.1 Å². The fraction of sp³-hybridized carbons (Fsp3) is 0.540. The Morgan fingerprint density at radius 3 is 2.20 bits per heavy atom. The van der Waals surface area contributed by atoms with Crippen molar-refractivity contribution in [3.8, 4) is 17.2 Å². The number of hydrogen-bond donors (Lipinski definition) is 5. The highest BCUT2D eigenvalue weighted by Gasteiger charge is 2.54. The number of nitrogens with zero attached hydrogens (tertiary/aromatic N) is 4. The summed E-state index contributed by atoms with van der Waals surface area (Å²) in [7, 11) is 2.84. The number of likely N-dealkylation sites (tertiary alicyclic amines) is 2. The molecule has 1 aromatic heterocycles. The first kappa shape index (κ1) is 60.7. The number of aromatic carboxylic acids is 1. The van der Waals surface area contributed by atoms with E-state index in [4.69, 9.17) is 23.7 Å². The van der Waals surface area contributed by atoms with Crippen LogP contribution < -0.4 is 25.1 Å². The van der Waals surface area contributed by atoms with Gasteiger partial charge in [0.25, 0.3) is 11.7 Å². The van der Waals surface area contributed by atoms with Gasteiger partial charge in [-0.15, -0.1) is 0 Å². The Hall–Kier alpha value is -7.40. The number of benzene rings is 2. The van der Waals surface area contributed by atoms with Crippen molar-refractivity contribution in [1.29, 1.82) is 0 Å².